The van der Waals surface area contributed by atoms with E-state index in [1.165, 1.54) is 12.5 Å². The third kappa shape index (κ3) is 2.75. The monoisotopic (exact) mass is 237 g/mol. The maximum atomic E-state index is 14.1. The van der Waals surface area contributed by atoms with E-state index in [0.29, 0.717) is 0 Å². The maximum Gasteiger partial charge on any atom is 0.306 e. The van der Waals surface area contributed by atoms with Crippen LogP contribution in [0.1, 0.15) is 18.9 Å². The number of alkyl halides is 1. The summed E-state index contributed by atoms with van der Waals surface area (Å²) in [5.41, 5.74) is 0.545. The van der Waals surface area contributed by atoms with E-state index in [4.69, 9.17) is 5.11 Å². The number of rotatable bonds is 4. The number of para-hydroxylation sites is 1. The maximum absolute atomic E-state index is 14.1. The summed E-state index contributed by atoms with van der Waals surface area (Å²) in [6.45, 7) is 2.25. The molecule has 0 aliphatic carbocycles. The van der Waals surface area contributed by atoms with Crippen molar-refractivity contribution in [1.82, 2.24) is 0 Å². The van der Waals surface area contributed by atoms with Crippen molar-refractivity contribution in [3.8, 4) is 0 Å². The standard InChI is InChI=1S/C13H16FNO2/c1-13(14,8-12(16)17)9-15-7-6-10-4-2-3-5-11(10)15/h2-5H,6-9H2,1H3,(H,16,17). The van der Waals surface area contributed by atoms with E-state index in [-0.39, 0.29) is 6.54 Å². The first kappa shape index (κ1) is 11.9. The van der Waals surface area contributed by atoms with Gasteiger partial charge in [0, 0.05) is 12.2 Å². The molecule has 1 atom stereocenters. The number of aliphatic carboxylic acids is 1. The number of fused-ring (bicyclic) bond motifs is 1. The van der Waals surface area contributed by atoms with E-state index in [0.717, 1.165) is 18.7 Å². The first-order valence-corrected chi connectivity index (χ1v) is 5.71. The molecule has 0 saturated carbocycles. The number of carbonyl (C=O) groups is 1. The van der Waals surface area contributed by atoms with Crippen LogP contribution >= 0.6 is 0 Å². The van der Waals surface area contributed by atoms with Gasteiger partial charge in [-0.05, 0) is 25.0 Å². The SMILES string of the molecule is CC(F)(CC(=O)O)CN1CCc2ccccc21. The fourth-order valence-electron chi connectivity index (χ4n) is 2.34. The zero-order valence-electron chi connectivity index (χ0n) is 9.82. The van der Waals surface area contributed by atoms with Gasteiger partial charge in [-0.2, -0.15) is 0 Å². The van der Waals surface area contributed by atoms with Gasteiger partial charge in [-0.1, -0.05) is 18.2 Å². The minimum absolute atomic E-state index is 0.135. The third-order valence-electron chi connectivity index (χ3n) is 3.02. The quantitative estimate of drug-likeness (QED) is 0.873. The molecule has 1 aliphatic heterocycles. The summed E-state index contributed by atoms with van der Waals surface area (Å²) in [7, 11) is 0. The van der Waals surface area contributed by atoms with Crippen LogP contribution in [0.5, 0.6) is 0 Å². The molecule has 0 amide bonds. The second-order valence-electron chi connectivity index (χ2n) is 4.78. The predicted molar refractivity (Wildman–Crippen MR) is 64.1 cm³/mol. The van der Waals surface area contributed by atoms with Crippen LogP contribution in [-0.2, 0) is 11.2 Å². The number of anilines is 1. The largest absolute Gasteiger partial charge is 0.481 e. The van der Waals surface area contributed by atoms with Gasteiger partial charge in [0.05, 0.1) is 13.0 Å². The highest BCUT2D eigenvalue weighted by Gasteiger charge is 2.31. The van der Waals surface area contributed by atoms with Crippen LogP contribution in [0.2, 0.25) is 0 Å². The Hall–Kier alpha value is -1.58. The molecule has 0 spiro atoms. The van der Waals surface area contributed by atoms with Crippen molar-refractivity contribution in [3.63, 3.8) is 0 Å². The van der Waals surface area contributed by atoms with E-state index in [2.05, 4.69) is 0 Å². The summed E-state index contributed by atoms with van der Waals surface area (Å²) in [6.07, 6.45) is 0.449. The summed E-state index contributed by atoms with van der Waals surface area (Å²) in [5.74, 6) is -1.09. The van der Waals surface area contributed by atoms with Gasteiger partial charge < -0.3 is 10.0 Å². The third-order valence-corrected chi connectivity index (χ3v) is 3.02. The Kier molecular flexibility index (Phi) is 3.05. The summed E-state index contributed by atoms with van der Waals surface area (Å²) in [5, 5.41) is 8.66. The lowest BCUT2D eigenvalue weighted by molar-refractivity contribution is -0.139. The average molecular weight is 237 g/mol. The highest BCUT2D eigenvalue weighted by Crippen LogP contribution is 2.30. The zero-order valence-corrected chi connectivity index (χ0v) is 9.82. The number of nitrogens with zero attached hydrogens (tertiary/aromatic N) is 1. The summed E-state index contributed by atoms with van der Waals surface area (Å²) in [4.78, 5) is 12.5. The molecular weight excluding hydrogens is 221 g/mol. The number of benzene rings is 1. The number of hydrogen-bond donors (Lipinski definition) is 1. The molecule has 2 rings (SSSR count). The van der Waals surface area contributed by atoms with E-state index >= 15 is 0 Å². The van der Waals surface area contributed by atoms with Crippen molar-refractivity contribution in [2.24, 2.45) is 0 Å². The number of halogens is 1. The molecule has 3 nitrogen and oxygen atoms in total. The number of carboxylic acids is 1. The average Bonchev–Trinajstić information content (AvgIpc) is 2.59. The molecule has 0 radical (unpaired) electrons. The van der Waals surface area contributed by atoms with Gasteiger partial charge in [0.1, 0.15) is 5.67 Å². The lowest BCUT2D eigenvalue weighted by Crippen LogP contribution is -2.38. The topological polar surface area (TPSA) is 40.5 Å². The van der Waals surface area contributed by atoms with Crippen LogP contribution in [0.3, 0.4) is 0 Å². The van der Waals surface area contributed by atoms with Crippen molar-refractivity contribution in [2.45, 2.75) is 25.4 Å². The number of carboxylic acid groups (broad SMARTS) is 1. The first-order chi connectivity index (χ1) is 7.98. The van der Waals surface area contributed by atoms with Crippen LogP contribution in [0, 0.1) is 0 Å². The Morgan fingerprint density at radius 1 is 1.53 bits per heavy atom. The fourth-order valence-corrected chi connectivity index (χ4v) is 2.34. The van der Waals surface area contributed by atoms with Crippen molar-refractivity contribution in [3.05, 3.63) is 29.8 Å². The van der Waals surface area contributed by atoms with Crippen LogP contribution in [-0.4, -0.2) is 29.8 Å². The van der Waals surface area contributed by atoms with Crippen LogP contribution in [0.4, 0.5) is 10.1 Å². The fraction of sp³-hybridized carbons (Fsp3) is 0.462. The molecule has 0 aromatic heterocycles. The van der Waals surface area contributed by atoms with Crippen molar-refractivity contribution in [1.29, 1.82) is 0 Å². The lowest BCUT2D eigenvalue weighted by Gasteiger charge is -2.27. The van der Waals surface area contributed by atoms with Gasteiger partial charge in [-0.3, -0.25) is 4.79 Å². The van der Waals surface area contributed by atoms with Gasteiger partial charge in [-0.15, -0.1) is 0 Å². The van der Waals surface area contributed by atoms with E-state index in [1.807, 2.05) is 29.2 Å². The number of hydrogen-bond acceptors (Lipinski definition) is 2. The Balaban J connectivity index is 2.09. The highest BCUT2D eigenvalue weighted by molar-refractivity contribution is 5.68. The van der Waals surface area contributed by atoms with E-state index in [1.54, 1.807) is 0 Å². The Morgan fingerprint density at radius 2 is 2.24 bits per heavy atom. The molecule has 1 aliphatic rings. The Bertz CT molecular complexity index is 431. The molecule has 1 N–H and O–H groups in total. The molecule has 0 saturated heterocycles. The summed E-state index contributed by atoms with van der Waals surface area (Å²) < 4.78 is 14.1. The molecule has 1 aromatic rings. The predicted octanol–water partition coefficient (Wildman–Crippen LogP) is 2.25. The molecule has 0 fully saturated rings. The molecule has 1 aromatic carbocycles. The van der Waals surface area contributed by atoms with Crippen LogP contribution in [0.25, 0.3) is 0 Å². The van der Waals surface area contributed by atoms with E-state index in [9.17, 15) is 9.18 Å². The van der Waals surface area contributed by atoms with Gasteiger partial charge in [0.2, 0.25) is 0 Å². The first-order valence-electron chi connectivity index (χ1n) is 5.71. The molecule has 4 heteroatoms. The van der Waals surface area contributed by atoms with Crippen LogP contribution < -0.4 is 4.90 Å². The second-order valence-corrected chi connectivity index (χ2v) is 4.78. The molecule has 1 heterocycles. The smallest absolute Gasteiger partial charge is 0.306 e. The second kappa shape index (κ2) is 4.35. The summed E-state index contributed by atoms with van der Waals surface area (Å²) >= 11 is 0. The molecular formula is C13H16FNO2. The minimum Gasteiger partial charge on any atom is -0.481 e. The molecule has 92 valence electrons. The Morgan fingerprint density at radius 3 is 2.94 bits per heavy atom. The van der Waals surface area contributed by atoms with Crippen molar-refractivity contribution in [2.75, 3.05) is 18.0 Å². The Labute approximate surface area is 99.9 Å². The van der Waals surface area contributed by atoms with Gasteiger partial charge in [0.15, 0.2) is 0 Å². The molecule has 17 heavy (non-hydrogen) atoms. The van der Waals surface area contributed by atoms with Crippen molar-refractivity contribution < 1.29 is 14.3 Å². The lowest BCUT2D eigenvalue weighted by atomic mass is 10.0. The van der Waals surface area contributed by atoms with Gasteiger partial charge in [-0.25, -0.2) is 4.39 Å². The normalized spacial score (nSPS) is 17.6. The van der Waals surface area contributed by atoms with Gasteiger partial charge >= 0.3 is 5.97 Å². The minimum atomic E-state index is -1.69. The van der Waals surface area contributed by atoms with E-state index < -0.39 is 18.1 Å². The molecule has 0 bridgehead atoms. The van der Waals surface area contributed by atoms with Gasteiger partial charge in [0.25, 0.3) is 0 Å². The molecule has 1 unspecified atom stereocenters. The van der Waals surface area contributed by atoms with Crippen LogP contribution in [0.15, 0.2) is 24.3 Å². The zero-order chi connectivity index (χ0) is 12.5. The highest BCUT2D eigenvalue weighted by atomic mass is 19.1. The van der Waals surface area contributed by atoms with Crippen molar-refractivity contribution >= 4 is 11.7 Å². The summed E-state index contributed by atoms with van der Waals surface area (Å²) in [6, 6.07) is 7.87.